The quantitative estimate of drug-likeness (QED) is 0.770. The third-order valence-electron chi connectivity index (χ3n) is 4.54. The molecule has 1 aliphatic carbocycles. The van der Waals surface area contributed by atoms with Crippen LogP contribution < -0.4 is 10.5 Å². The van der Waals surface area contributed by atoms with Crippen LogP contribution in [0.25, 0.3) is 21.2 Å². The number of nitrogens with zero attached hydrogens (tertiary/aromatic N) is 2. The molecule has 2 aromatic heterocycles. The summed E-state index contributed by atoms with van der Waals surface area (Å²) in [5, 5.41) is 4.14. The topological polar surface area (TPSA) is 74.2 Å². The predicted octanol–water partition coefficient (Wildman–Crippen LogP) is 4.20. The van der Waals surface area contributed by atoms with Crippen molar-refractivity contribution in [3.05, 3.63) is 42.2 Å². The molecule has 1 aromatic carbocycles. The Balaban J connectivity index is 1.72. The summed E-state index contributed by atoms with van der Waals surface area (Å²) in [5.41, 5.74) is 7.11. The number of aromatic nitrogens is 2. The highest BCUT2D eigenvalue weighted by Gasteiger charge is 2.36. The molecule has 1 fully saturated rings. The number of nitrogens with two attached hydrogens (primary N) is 1. The molecule has 3 aromatic rings. The predicted molar refractivity (Wildman–Crippen MR) is 93.9 cm³/mol. The molecule has 0 amide bonds. The van der Waals surface area contributed by atoms with E-state index in [0.717, 1.165) is 46.8 Å². The van der Waals surface area contributed by atoms with Gasteiger partial charge in [-0.2, -0.15) is 4.98 Å². The van der Waals surface area contributed by atoms with Crippen LogP contribution in [-0.4, -0.2) is 17.3 Å². The van der Waals surface area contributed by atoms with Gasteiger partial charge in [0.15, 0.2) is 5.82 Å². The highest BCUT2D eigenvalue weighted by Crippen LogP contribution is 2.43. The molecule has 0 spiro atoms. The van der Waals surface area contributed by atoms with Crippen LogP contribution in [0.3, 0.4) is 0 Å². The van der Waals surface area contributed by atoms with Gasteiger partial charge < -0.3 is 15.0 Å². The van der Waals surface area contributed by atoms with Gasteiger partial charge in [-0.05, 0) is 24.5 Å². The normalized spacial score (nSPS) is 16.4. The second-order valence-corrected chi connectivity index (χ2v) is 7.21. The zero-order valence-electron chi connectivity index (χ0n) is 13.5. The van der Waals surface area contributed by atoms with Crippen molar-refractivity contribution < 1.29 is 9.26 Å². The summed E-state index contributed by atoms with van der Waals surface area (Å²) in [6, 6.07) is 12.2. The molecular weight excluding hydrogens is 322 g/mol. The van der Waals surface area contributed by atoms with Crippen molar-refractivity contribution in [1.29, 1.82) is 0 Å². The minimum absolute atomic E-state index is 0.450. The van der Waals surface area contributed by atoms with Gasteiger partial charge in [0, 0.05) is 4.88 Å². The summed E-state index contributed by atoms with van der Waals surface area (Å²) in [4.78, 5) is 6.52. The molecule has 124 valence electrons. The fraction of sp³-hybridized carbons (Fsp3) is 0.333. The molecule has 5 nitrogen and oxygen atoms in total. The summed E-state index contributed by atoms with van der Waals surface area (Å²) >= 11 is 1.58. The van der Waals surface area contributed by atoms with Crippen LogP contribution in [0.5, 0.6) is 5.75 Å². The Bertz CT molecular complexity index is 835. The second-order valence-electron chi connectivity index (χ2n) is 6.16. The first-order chi connectivity index (χ1) is 11.7. The number of benzene rings is 1. The highest BCUT2D eigenvalue weighted by molar-refractivity contribution is 7.19. The molecule has 4 rings (SSSR count). The lowest BCUT2D eigenvalue weighted by molar-refractivity contribution is 0.371. The molecule has 24 heavy (non-hydrogen) atoms. The SMILES string of the molecule is COc1cc(-c2ccccc2)sc1-c1nc(C2(N)CCCC2)no1. The smallest absolute Gasteiger partial charge is 0.271 e. The van der Waals surface area contributed by atoms with Gasteiger partial charge in [0.05, 0.1) is 12.6 Å². The van der Waals surface area contributed by atoms with Crippen molar-refractivity contribution in [2.75, 3.05) is 7.11 Å². The van der Waals surface area contributed by atoms with Crippen molar-refractivity contribution in [2.24, 2.45) is 5.73 Å². The lowest BCUT2D eigenvalue weighted by Gasteiger charge is -2.17. The van der Waals surface area contributed by atoms with Gasteiger partial charge in [0.2, 0.25) is 0 Å². The standard InChI is InChI=1S/C18H19N3O2S/c1-22-13-11-14(12-7-3-2-4-8-12)24-15(13)16-20-17(21-23-16)18(19)9-5-6-10-18/h2-4,7-8,11H,5-6,9-10,19H2,1H3. The van der Waals surface area contributed by atoms with Crippen LogP contribution in [0.4, 0.5) is 0 Å². The van der Waals surface area contributed by atoms with Gasteiger partial charge in [-0.1, -0.05) is 48.3 Å². The van der Waals surface area contributed by atoms with E-state index in [1.54, 1.807) is 18.4 Å². The molecule has 0 radical (unpaired) electrons. The van der Waals surface area contributed by atoms with Crippen molar-refractivity contribution >= 4 is 11.3 Å². The average Bonchev–Trinajstić information content (AvgIpc) is 3.34. The van der Waals surface area contributed by atoms with E-state index in [-0.39, 0.29) is 0 Å². The first-order valence-electron chi connectivity index (χ1n) is 8.06. The average molecular weight is 341 g/mol. The van der Waals surface area contributed by atoms with E-state index in [1.165, 1.54) is 0 Å². The van der Waals surface area contributed by atoms with Crippen LogP contribution in [0.15, 0.2) is 40.9 Å². The largest absolute Gasteiger partial charge is 0.495 e. The van der Waals surface area contributed by atoms with E-state index >= 15 is 0 Å². The van der Waals surface area contributed by atoms with E-state index in [9.17, 15) is 0 Å². The lowest BCUT2D eigenvalue weighted by Crippen LogP contribution is -2.34. The fourth-order valence-corrected chi connectivity index (χ4v) is 4.22. The maximum absolute atomic E-state index is 6.43. The molecule has 0 bridgehead atoms. The summed E-state index contributed by atoms with van der Waals surface area (Å²) < 4.78 is 11.0. The van der Waals surface area contributed by atoms with Crippen molar-refractivity contribution in [3.8, 4) is 27.0 Å². The molecule has 0 unspecified atom stereocenters. The van der Waals surface area contributed by atoms with Crippen molar-refractivity contribution in [1.82, 2.24) is 10.1 Å². The Morgan fingerprint density at radius 1 is 1.21 bits per heavy atom. The summed E-state index contributed by atoms with van der Waals surface area (Å²) in [6.07, 6.45) is 4.04. The monoisotopic (exact) mass is 341 g/mol. The van der Waals surface area contributed by atoms with Gasteiger partial charge in [-0.15, -0.1) is 11.3 Å². The van der Waals surface area contributed by atoms with Crippen LogP contribution in [0.2, 0.25) is 0 Å². The van der Waals surface area contributed by atoms with Crippen LogP contribution in [0, 0.1) is 0 Å². The minimum Gasteiger partial charge on any atom is -0.495 e. The molecule has 2 N–H and O–H groups in total. The number of ether oxygens (including phenoxy) is 1. The van der Waals surface area contributed by atoms with Crippen LogP contribution >= 0.6 is 11.3 Å². The lowest BCUT2D eigenvalue weighted by atomic mass is 9.99. The summed E-state index contributed by atoms with van der Waals surface area (Å²) in [6.45, 7) is 0. The number of methoxy groups -OCH3 is 1. The van der Waals surface area contributed by atoms with Gasteiger partial charge >= 0.3 is 0 Å². The summed E-state index contributed by atoms with van der Waals surface area (Å²) in [5.74, 6) is 1.82. The van der Waals surface area contributed by atoms with Gasteiger partial charge in [0.25, 0.3) is 5.89 Å². The number of thiophene rings is 1. The molecule has 0 saturated heterocycles. The molecule has 1 saturated carbocycles. The molecule has 2 heterocycles. The van der Waals surface area contributed by atoms with Crippen LogP contribution in [-0.2, 0) is 5.54 Å². The molecule has 0 atom stereocenters. The molecule has 6 heteroatoms. The third-order valence-corrected chi connectivity index (χ3v) is 5.69. The van der Waals surface area contributed by atoms with Crippen molar-refractivity contribution in [2.45, 2.75) is 31.2 Å². The zero-order chi connectivity index (χ0) is 16.6. The third kappa shape index (κ3) is 2.61. The van der Waals surface area contributed by atoms with E-state index in [2.05, 4.69) is 22.3 Å². The molecule has 0 aliphatic heterocycles. The number of rotatable bonds is 4. The van der Waals surface area contributed by atoms with E-state index in [1.807, 2.05) is 24.3 Å². The Morgan fingerprint density at radius 2 is 1.96 bits per heavy atom. The van der Waals surface area contributed by atoms with E-state index < -0.39 is 5.54 Å². The van der Waals surface area contributed by atoms with Gasteiger partial charge in [-0.25, -0.2) is 0 Å². The minimum atomic E-state index is -0.450. The van der Waals surface area contributed by atoms with Crippen LogP contribution in [0.1, 0.15) is 31.5 Å². The van der Waals surface area contributed by atoms with E-state index in [0.29, 0.717) is 11.7 Å². The maximum atomic E-state index is 6.43. The van der Waals surface area contributed by atoms with Gasteiger partial charge in [-0.3, -0.25) is 0 Å². The summed E-state index contributed by atoms with van der Waals surface area (Å²) in [7, 11) is 1.65. The Labute approximate surface area is 144 Å². The Kier molecular flexibility index (Phi) is 3.86. The first-order valence-corrected chi connectivity index (χ1v) is 8.88. The first kappa shape index (κ1) is 15.4. The van der Waals surface area contributed by atoms with Crippen molar-refractivity contribution in [3.63, 3.8) is 0 Å². The number of hydrogen-bond acceptors (Lipinski definition) is 6. The maximum Gasteiger partial charge on any atom is 0.271 e. The Morgan fingerprint density at radius 3 is 2.67 bits per heavy atom. The van der Waals surface area contributed by atoms with Gasteiger partial charge in [0.1, 0.15) is 10.6 Å². The zero-order valence-corrected chi connectivity index (χ0v) is 14.3. The molecule has 1 aliphatic rings. The fourth-order valence-electron chi connectivity index (χ4n) is 3.17. The number of hydrogen-bond donors (Lipinski definition) is 1. The second kappa shape index (κ2) is 6.03. The Hall–Kier alpha value is -2.18. The van der Waals surface area contributed by atoms with E-state index in [4.69, 9.17) is 15.0 Å². The molecular formula is C18H19N3O2S. The highest BCUT2D eigenvalue weighted by atomic mass is 32.1.